The first-order valence-electron chi connectivity index (χ1n) is 8.09. The number of hydrogen-bond donors (Lipinski definition) is 1. The monoisotopic (exact) mass is 340 g/mol. The van der Waals surface area contributed by atoms with Gasteiger partial charge in [-0.05, 0) is 53.9 Å². The van der Waals surface area contributed by atoms with Crippen LogP contribution in [0.15, 0.2) is 66.9 Å². The predicted molar refractivity (Wildman–Crippen MR) is 104 cm³/mol. The highest BCUT2D eigenvalue weighted by Crippen LogP contribution is 2.34. The second-order valence-electron chi connectivity index (χ2n) is 5.87. The molecular weight excluding hydrogens is 324 g/mol. The SMILES string of the molecule is [C-]#[N+]c1ccc2c(c1)c(-c1cccc(N)n1)cn2-c1ccc(OC)cc1. The van der Waals surface area contributed by atoms with E-state index < -0.39 is 0 Å². The molecule has 0 spiro atoms. The van der Waals surface area contributed by atoms with E-state index in [0.717, 1.165) is 33.6 Å². The van der Waals surface area contributed by atoms with E-state index >= 15 is 0 Å². The lowest BCUT2D eigenvalue weighted by Gasteiger charge is -2.06. The summed E-state index contributed by atoms with van der Waals surface area (Å²) in [5, 5.41) is 0.965. The summed E-state index contributed by atoms with van der Waals surface area (Å²) in [5.74, 6) is 1.27. The quantitative estimate of drug-likeness (QED) is 0.543. The number of nitrogen functional groups attached to an aromatic ring is 1. The Bertz CT molecular complexity index is 1140. The second kappa shape index (κ2) is 6.26. The molecule has 0 aliphatic heterocycles. The number of nitrogens with two attached hydrogens (primary N) is 1. The first kappa shape index (κ1) is 15.7. The molecule has 4 rings (SSSR count). The lowest BCUT2D eigenvalue weighted by molar-refractivity contribution is 0.415. The van der Waals surface area contributed by atoms with Gasteiger partial charge in [-0.2, -0.15) is 0 Å². The third-order valence-corrected chi connectivity index (χ3v) is 4.31. The summed E-state index contributed by atoms with van der Waals surface area (Å²) in [6.45, 7) is 7.31. The predicted octanol–water partition coefficient (Wildman–Crippen LogP) is 4.83. The molecule has 0 radical (unpaired) electrons. The van der Waals surface area contributed by atoms with Crippen molar-refractivity contribution >= 4 is 22.4 Å². The molecule has 0 amide bonds. The maximum atomic E-state index is 7.31. The Morgan fingerprint density at radius 2 is 1.88 bits per heavy atom. The number of nitrogens with zero attached hydrogens (tertiary/aromatic N) is 3. The normalized spacial score (nSPS) is 10.6. The van der Waals surface area contributed by atoms with Crippen molar-refractivity contribution in [2.75, 3.05) is 12.8 Å². The van der Waals surface area contributed by atoms with E-state index in [1.165, 1.54) is 0 Å². The molecule has 0 aliphatic carbocycles. The van der Waals surface area contributed by atoms with Gasteiger partial charge in [0.2, 0.25) is 0 Å². The summed E-state index contributed by atoms with van der Waals surface area (Å²) in [4.78, 5) is 8.01. The van der Waals surface area contributed by atoms with Crippen LogP contribution in [0.3, 0.4) is 0 Å². The summed E-state index contributed by atoms with van der Waals surface area (Å²) < 4.78 is 7.33. The van der Waals surface area contributed by atoms with Crippen molar-refractivity contribution in [3.8, 4) is 22.7 Å². The molecule has 2 heterocycles. The molecule has 0 fully saturated rings. The number of benzene rings is 2. The second-order valence-corrected chi connectivity index (χ2v) is 5.87. The zero-order valence-corrected chi connectivity index (χ0v) is 14.2. The van der Waals surface area contributed by atoms with Gasteiger partial charge in [-0.15, -0.1) is 0 Å². The fraction of sp³-hybridized carbons (Fsp3) is 0.0476. The van der Waals surface area contributed by atoms with Crippen molar-refractivity contribution in [2.24, 2.45) is 0 Å². The number of fused-ring (bicyclic) bond motifs is 1. The third kappa shape index (κ3) is 2.64. The number of pyridine rings is 1. The molecule has 126 valence electrons. The molecule has 2 aromatic carbocycles. The average Bonchev–Trinajstić information content (AvgIpc) is 3.06. The summed E-state index contributed by atoms with van der Waals surface area (Å²) in [7, 11) is 1.65. The minimum atomic E-state index is 0.467. The molecule has 0 saturated carbocycles. The lowest BCUT2D eigenvalue weighted by atomic mass is 10.1. The van der Waals surface area contributed by atoms with Gasteiger partial charge in [0.15, 0.2) is 5.69 Å². The van der Waals surface area contributed by atoms with Gasteiger partial charge in [-0.3, -0.25) is 0 Å². The van der Waals surface area contributed by atoms with Crippen molar-refractivity contribution in [1.29, 1.82) is 0 Å². The van der Waals surface area contributed by atoms with E-state index in [4.69, 9.17) is 17.0 Å². The van der Waals surface area contributed by atoms with Crippen LogP contribution in [-0.2, 0) is 0 Å². The van der Waals surface area contributed by atoms with Crippen LogP contribution in [0, 0.1) is 6.57 Å². The number of aromatic nitrogens is 2. The van der Waals surface area contributed by atoms with Crippen molar-refractivity contribution < 1.29 is 4.74 Å². The van der Waals surface area contributed by atoms with Crippen molar-refractivity contribution in [3.63, 3.8) is 0 Å². The lowest BCUT2D eigenvalue weighted by Crippen LogP contribution is -1.92. The van der Waals surface area contributed by atoms with E-state index in [2.05, 4.69) is 14.4 Å². The van der Waals surface area contributed by atoms with E-state index in [0.29, 0.717) is 11.5 Å². The van der Waals surface area contributed by atoms with E-state index in [9.17, 15) is 0 Å². The number of anilines is 1. The van der Waals surface area contributed by atoms with E-state index in [-0.39, 0.29) is 0 Å². The molecule has 2 aromatic heterocycles. The zero-order valence-electron chi connectivity index (χ0n) is 14.2. The Labute approximate surface area is 151 Å². The number of rotatable bonds is 3. The summed E-state index contributed by atoms with van der Waals surface area (Å²) in [6.07, 6.45) is 2.03. The Kier molecular flexibility index (Phi) is 3.79. The maximum Gasteiger partial charge on any atom is 0.188 e. The Morgan fingerprint density at radius 3 is 2.58 bits per heavy atom. The third-order valence-electron chi connectivity index (χ3n) is 4.31. The summed E-state index contributed by atoms with van der Waals surface area (Å²) >= 11 is 0. The van der Waals surface area contributed by atoms with Crippen LogP contribution in [0.2, 0.25) is 0 Å². The molecule has 0 unspecified atom stereocenters. The molecule has 26 heavy (non-hydrogen) atoms. The first-order chi connectivity index (χ1) is 12.7. The Hall–Kier alpha value is -3.78. The van der Waals surface area contributed by atoms with Crippen LogP contribution in [0.4, 0.5) is 11.5 Å². The number of ether oxygens (including phenoxy) is 1. The summed E-state index contributed by atoms with van der Waals surface area (Å²) in [6, 6.07) is 19.1. The van der Waals surface area contributed by atoms with Gasteiger partial charge in [-0.25, -0.2) is 9.83 Å². The molecular formula is C21H16N4O. The highest BCUT2D eigenvalue weighted by Gasteiger charge is 2.13. The Morgan fingerprint density at radius 1 is 1.08 bits per heavy atom. The average molecular weight is 340 g/mol. The smallest absolute Gasteiger partial charge is 0.188 e. The van der Waals surface area contributed by atoms with Crippen LogP contribution in [0.25, 0.3) is 32.7 Å². The molecule has 0 bridgehead atoms. The fourth-order valence-corrected chi connectivity index (χ4v) is 3.05. The molecule has 5 nitrogen and oxygen atoms in total. The maximum absolute atomic E-state index is 7.31. The van der Waals surface area contributed by atoms with Crippen LogP contribution in [0.1, 0.15) is 0 Å². The van der Waals surface area contributed by atoms with E-state index in [1.807, 2.05) is 60.8 Å². The zero-order chi connectivity index (χ0) is 18.1. The first-order valence-corrected chi connectivity index (χ1v) is 8.09. The van der Waals surface area contributed by atoms with Crippen molar-refractivity contribution in [1.82, 2.24) is 9.55 Å². The number of methoxy groups -OCH3 is 1. The van der Waals surface area contributed by atoms with Crippen molar-refractivity contribution in [2.45, 2.75) is 0 Å². The van der Waals surface area contributed by atoms with Crippen LogP contribution >= 0.6 is 0 Å². The Balaban J connectivity index is 1.98. The van der Waals surface area contributed by atoms with Gasteiger partial charge >= 0.3 is 0 Å². The standard InChI is InChI=1S/C21H16N4O/c1-23-14-6-11-20-17(12-14)18(19-4-3-5-21(22)24-19)13-25(20)15-7-9-16(26-2)10-8-15/h3-13H,2H3,(H2,22,24). The van der Waals surface area contributed by atoms with Crippen LogP contribution in [0.5, 0.6) is 5.75 Å². The highest BCUT2D eigenvalue weighted by atomic mass is 16.5. The van der Waals surface area contributed by atoms with Gasteiger partial charge < -0.3 is 15.0 Å². The highest BCUT2D eigenvalue weighted by molar-refractivity contribution is 5.98. The topological polar surface area (TPSA) is 57.4 Å². The van der Waals surface area contributed by atoms with Crippen molar-refractivity contribution in [3.05, 3.63) is 78.3 Å². The largest absolute Gasteiger partial charge is 0.497 e. The molecule has 4 aromatic rings. The molecule has 2 N–H and O–H groups in total. The fourth-order valence-electron chi connectivity index (χ4n) is 3.05. The van der Waals surface area contributed by atoms with Crippen LogP contribution in [-0.4, -0.2) is 16.7 Å². The van der Waals surface area contributed by atoms with Gasteiger partial charge in [-0.1, -0.05) is 12.1 Å². The molecule has 5 heteroatoms. The van der Waals surface area contributed by atoms with Gasteiger partial charge in [0.05, 0.1) is 24.9 Å². The molecule has 0 aliphatic rings. The van der Waals surface area contributed by atoms with Gasteiger partial charge in [0, 0.05) is 17.4 Å². The van der Waals surface area contributed by atoms with Gasteiger partial charge in [0.1, 0.15) is 11.6 Å². The number of hydrogen-bond acceptors (Lipinski definition) is 3. The van der Waals surface area contributed by atoms with Crippen LogP contribution < -0.4 is 10.5 Å². The molecule has 0 atom stereocenters. The minimum Gasteiger partial charge on any atom is -0.497 e. The van der Waals surface area contributed by atoms with E-state index in [1.54, 1.807) is 13.2 Å². The van der Waals surface area contributed by atoms with Gasteiger partial charge in [0.25, 0.3) is 0 Å². The molecule has 0 saturated heterocycles. The summed E-state index contributed by atoms with van der Waals surface area (Å²) in [5.41, 5.74) is 10.2. The minimum absolute atomic E-state index is 0.467.